The van der Waals surface area contributed by atoms with E-state index in [1.54, 1.807) is 18.2 Å². The number of amides is 1. The SMILES string of the molecule is C=CCN(CCC(=O)OC)C(=O)Cc1ccccc1[N+](=O)[O-]. The summed E-state index contributed by atoms with van der Waals surface area (Å²) in [5.41, 5.74) is 0.243. The standard InChI is InChI=1S/C15H18N2O5/c1-3-9-16(10-8-15(19)22-2)14(18)11-12-6-4-5-7-13(12)17(20)21/h3-7H,1,8-11H2,2H3. The van der Waals surface area contributed by atoms with Gasteiger partial charge in [0.05, 0.1) is 24.9 Å². The minimum atomic E-state index is -0.519. The number of rotatable bonds is 8. The molecule has 0 aliphatic rings. The first-order valence-electron chi connectivity index (χ1n) is 6.67. The van der Waals surface area contributed by atoms with Crippen LogP contribution in [0, 0.1) is 10.1 Å². The van der Waals surface area contributed by atoms with E-state index in [2.05, 4.69) is 11.3 Å². The summed E-state index contributed by atoms with van der Waals surface area (Å²) in [6.07, 6.45) is 1.49. The number of nitro benzene ring substituents is 1. The first-order chi connectivity index (χ1) is 10.5. The molecule has 0 bridgehead atoms. The number of methoxy groups -OCH3 is 1. The van der Waals surface area contributed by atoms with E-state index in [4.69, 9.17) is 0 Å². The fourth-order valence-corrected chi connectivity index (χ4v) is 1.92. The largest absolute Gasteiger partial charge is 0.469 e. The highest BCUT2D eigenvalue weighted by Crippen LogP contribution is 2.18. The monoisotopic (exact) mass is 306 g/mol. The van der Waals surface area contributed by atoms with Gasteiger partial charge in [-0.25, -0.2) is 0 Å². The molecular weight excluding hydrogens is 288 g/mol. The van der Waals surface area contributed by atoms with Crippen LogP contribution in [0.5, 0.6) is 0 Å². The van der Waals surface area contributed by atoms with Crippen LogP contribution in [0.4, 0.5) is 5.69 Å². The third-order valence-corrected chi connectivity index (χ3v) is 3.05. The Morgan fingerprint density at radius 3 is 2.68 bits per heavy atom. The van der Waals surface area contributed by atoms with E-state index >= 15 is 0 Å². The number of esters is 1. The Kier molecular flexibility index (Phi) is 6.75. The summed E-state index contributed by atoms with van der Waals surface area (Å²) < 4.78 is 4.54. The van der Waals surface area contributed by atoms with Crippen molar-refractivity contribution >= 4 is 17.6 Å². The topological polar surface area (TPSA) is 89.8 Å². The molecule has 0 saturated heterocycles. The Balaban J connectivity index is 2.81. The van der Waals surface area contributed by atoms with Gasteiger partial charge in [0, 0.05) is 24.7 Å². The molecule has 1 aromatic carbocycles. The number of carbonyl (C=O) groups excluding carboxylic acids is 2. The van der Waals surface area contributed by atoms with Crippen LogP contribution in [-0.2, 0) is 20.7 Å². The second-order valence-corrected chi connectivity index (χ2v) is 4.52. The van der Waals surface area contributed by atoms with Gasteiger partial charge in [-0.1, -0.05) is 24.3 Å². The molecule has 118 valence electrons. The van der Waals surface area contributed by atoms with Crippen molar-refractivity contribution in [2.24, 2.45) is 0 Å². The predicted octanol–water partition coefficient (Wildman–Crippen LogP) is 1.71. The normalized spacial score (nSPS) is 9.86. The van der Waals surface area contributed by atoms with E-state index in [0.29, 0.717) is 5.56 Å². The van der Waals surface area contributed by atoms with Crippen LogP contribution >= 0.6 is 0 Å². The highest BCUT2D eigenvalue weighted by Gasteiger charge is 2.19. The van der Waals surface area contributed by atoms with E-state index in [0.717, 1.165) is 0 Å². The van der Waals surface area contributed by atoms with Gasteiger partial charge in [-0.15, -0.1) is 6.58 Å². The molecule has 0 aliphatic heterocycles. The zero-order chi connectivity index (χ0) is 16.5. The van der Waals surface area contributed by atoms with Crippen LogP contribution in [-0.4, -0.2) is 41.9 Å². The number of para-hydroxylation sites is 1. The molecule has 1 amide bonds. The third kappa shape index (κ3) is 5.01. The number of benzene rings is 1. The molecule has 0 unspecified atom stereocenters. The van der Waals surface area contributed by atoms with Crippen LogP contribution in [0.1, 0.15) is 12.0 Å². The number of nitrogens with zero attached hydrogens (tertiary/aromatic N) is 2. The lowest BCUT2D eigenvalue weighted by atomic mass is 10.1. The van der Waals surface area contributed by atoms with Crippen molar-refractivity contribution in [2.45, 2.75) is 12.8 Å². The van der Waals surface area contributed by atoms with Gasteiger partial charge in [0.15, 0.2) is 0 Å². The number of ether oxygens (including phenoxy) is 1. The van der Waals surface area contributed by atoms with E-state index in [1.807, 2.05) is 0 Å². The Hall–Kier alpha value is -2.70. The van der Waals surface area contributed by atoms with Gasteiger partial charge in [0.1, 0.15) is 0 Å². The average Bonchev–Trinajstić information content (AvgIpc) is 2.51. The maximum atomic E-state index is 12.3. The number of hydrogen-bond acceptors (Lipinski definition) is 5. The van der Waals surface area contributed by atoms with Gasteiger partial charge in [-0.05, 0) is 0 Å². The first kappa shape index (κ1) is 17.4. The highest BCUT2D eigenvalue weighted by molar-refractivity contribution is 5.80. The van der Waals surface area contributed by atoms with Gasteiger partial charge in [0.25, 0.3) is 5.69 Å². The van der Waals surface area contributed by atoms with Crippen LogP contribution < -0.4 is 0 Å². The van der Waals surface area contributed by atoms with Crippen molar-refractivity contribution in [3.05, 3.63) is 52.6 Å². The molecule has 0 atom stereocenters. The second kappa shape index (κ2) is 8.56. The fourth-order valence-electron chi connectivity index (χ4n) is 1.92. The minimum absolute atomic E-state index is 0.0625. The maximum absolute atomic E-state index is 12.3. The lowest BCUT2D eigenvalue weighted by Crippen LogP contribution is -2.34. The molecule has 0 spiro atoms. The molecule has 22 heavy (non-hydrogen) atoms. The van der Waals surface area contributed by atoms with Crippen molar-refractivity contribution < 1.29 is 19.2 Å². The minimum Gasteiger partial charge on any atom is -0.469 e. The van der Waals surface area contributed by atoms with Crippen LogP contribution in [0.2, 0.25) is 0 Å². The predicted molar refractivity (Wildman–Crippen MR) is 80.2 cm³/mol. The van der Waals surface area contributed by atoms with Gasteiger partial charge >= 0.3 is 5.97 Å². The molecule has 1 rings (SSSR count). The number of nitro groups is 1. The Morgan fingerprint density at radius 1 is 1.41 bits per heavy atom. The molecular formula is C15H18N2O5. The highest BCUT2D eigenvalue weighted by atomic mass is 16.6. The van der Waals surface area contributed by atoms with Crippen molar-refractivity contribution in [1.29, 1.82) is 0 Å². The fraction of sp³-hybridized carbons (Fsp3) is 0.333. The third-order valence-electron chi connectivity index (χ3n) is 3.05. The molecule has 0 N–H and O–H groups in total. The average molecular weight is 306 g/mol. The number of carbonyl (C=O) groups is 2. The second-order valence-electron chi connectivity index (χ2n) is 4.52. The molecule has 0 saturated carbocycles. The molecule has 0 aliphatic carbocycles. The van der Waals surface area contributed by atoms with E-state index < -0.39 is 10.9 Å². The zero-order valence-electron chi connectivity index (χ0n) is 12.4. The van der Waals surface area contributed by atoms with Crippen molar-refractivity contribution in [1.82, 2.24) is 4.90 Å². The Morgan fingerprint density at radius 2 is 2.09 bits per heavy atom. The van der Waals surface area contributed by atoms with Crippen molar-refractivity contribution in [3.8, 4) is 0 Å². The summed E-state index contributed by atoms with van der Waals surface area (Å²) in [5.74, 6) is -0.731. The summed E-state index contributed by atoms with van der Waals surface area (Å²) in [6.45, 7) is 4.00. The van der Waals surface area contributed by atoms with E-state index in [-0.39, 0.29) is 37.5 Å². The van der Waals surface area contributed by atoms with Crippen LogP contribution in [0.3, 0.4) is 0 Å². The van der Waals surface area contributed by atoms with E-state index in [1.165, 1.54) is 24.2 Å². The molecule has 0 aromatic heterocycles. The molecule has 7 nitrogen and oxygen atoms in total. The summed E-state index contributed by atoms with van der Waals surface area (Å²) in [6, 6.07) is 6.09. The molecule has 1 aromatic rings. The quantitative estimate of drug-likeness (QED) is 0.316. The van der Waals surface area contributed by atoms with Gasteiger partial charge in [0.2, 0.25) is 5.91 Å². The maximum Gasteiger partial charge on any atom is 0.307 e. The van der Waals surface area contributed by atoms with E-state index in [9.17, 15) is 19.7 Å². The van der Waals surface area contributed by atoms with Gasteiger partial charge in [-0.2, -0.15) is 0 Å². The Bertz CT molecular complexity index is 571. The van der Waals surface area contributed by atoms with Crippen molar-refractivity contribution in [3.63, 3.8) is 0 Å². The smallest absolute Gasteiger partial charge is 0.307 e. The molecule has 7 heteroatoms. The lowest BCUT2D eigenvalue weighted by molar-refractivity contribution is -0.385. The molecule has 0 heterocycles. The molecule has 0 fully saturated rings. The molecule has 0 radical (unpaired) electrons. The lowest BCUT2D eigenvalue weighted by Gasteiger charge is -2.20. The summed E-state index contributed by atoms with van der Waals surface area (Å²) in [5, 5.41) is 11.0. The summed E-state index contributed by atoms with van der Waals surface area (Å²) in [4.78, 5) is 35.3. The zero-order valence-corrected chi connectivity index (χ0v) is 12.4. The van der Waals surface area contributed by atoms with Crippen LogP contribution in [0.15, 0.2) is 36.9 Å². The first-order valence-corrected chi connectivity index (χ1v) is 6.67. The van der Waals surface area contributed by atoms with Gasteiger partial charge < -0.3 is 9.64 Å². The number of hydrogen-bond donors (Lipinski definition) is 0. The summed E-state index contributed by atoms with van der Waals surface area (Å²) >= 11 is 0. The van der Waals surface area contributed by atoms with Crippen LogP contribution in [0.25, 0.3) is 0 Å². The van der Waals surface area contributed by atoms with Crippen molar-refractivity contribution in [2.75, 3.05) is 20.2 Å². The van der Waals surface area contributed by atoms with Gasteiger partial charge in [-0.3, -0.25) is 19.7 Å². The summed E-state index contributed by atoms with van der Waals surface area (Å²) in [7, 11) is 1.27. The Labute approximate surface area is 128 Å².